The van der Waals surface area contributed by atoms with Crippen molar-refractivity contribution in [1.29, 1.82) is 0 Å². The first-order chi connectivity index (χ1) is 11.7. The zero-order chi connectivity index (χ0) is 16.5. The van der Waals surface area contributed by atoms with Crippen LogP contribution in [0.4, 0.5) is 0 Å². The molecule has 0 spiro atoms. The van der Waals surface area contributed by atoms with Crippen LogP contribution in [0, 0.1) is 5.92 Å². The lowest BCUT2D eigenvalue weighted by molar-refractivity contribution is -0.0116. The summed E-state index contributed by atoms with van der Waals surface area (Å²) in [5.74, 6) is 3.60. The highest BCUT2D eigenvalue weighted by Crippen LogP contribution is 2.47. The number of hydrogen-bond donors (Lipinski definition) is 1. The highest BCUT2D eigenvalue weighted by atomic mass is 16.5. The van der Waals surface area contributed by atoms with Crippen LogP contribution in [0.3, 0.4) is 0 Å². The summed E-state index contributed by atoms with van der Waals surface area (Å²) >= 11 is 0. The van der Waals surface area contributed by atoms with Gasteiger partial charge in [0.2, 0.25) is 0 Å². The van der Waals surface area contributed by atoms with Crippen molar-refractivity contribution in [3.8, 4) is 0 Å². The molecule has 0 aromatic carbocycles. The Bertz CT molecular complexity index is 678. The highest BCUT2D eigenvalue weighted by molar-refractivity contribution is 5.18. The molecular weight excluding hydrogens is 302 g/mol. The SMILES string of the molecule is CCn1cc([C@H]2OCCC[C@@H]2NCc2ccc([C@H]3C[C@@H]3C)o2)cn1. The number of hydrogen-bond acceptors (Lipinski definition) is 4. The lowest BCUT2D eigenvalue weighted by Crippen LogP contribution is -2.38. The number of furan rings is 1. The summed E-state index contributed by atoms with van der Waals surface area (Å²) in [4.78, 5) is 0. The summed E-state index contributed by atoms with van der Waals surface area (Å²) in [6, 6.07) is 4.56. The maximum absolute atomic E-state index is 6.04. The van der Waals surface area contributed by atoms with Gasteiger partial charge in [-0.25, -0.2) is 0 Å². The molecule has 2 aliphatic rings. The maximum Gasteiger partial charge on any atom is 0.117 e. The third-order valence-electron chi connectivity index (χ3n) is 5.32. The van der Waals surface area contributed by atoms with E-state index in [0.717, 1.165) is 50.0 Å². The smallest absolute Gasteiger partial charge is 0.117 e. The molecule has 1 saturated carbocycles. The van der Waals surface area contributed by atoms with E-state index in [1.165, 1.54) is 12.0 Å². The Morgan fingerprint density at radius 1 is 1.38 bits per heavy atom. The van der Waals surface area contributed by atoms with Crippen molar-refractivity contribution in [3.05, 3.63) is 41.6 Å². The second-order valence-corrected chi connectivity index (χ2v) is 7.17. The zero-order valence-electron chi connectivity index (χ0n) is 14.6. The Morgan fingerprint density at radius 3 is 3.00 bits per heavy atom. The first-order valence-corrected chi connectivity index (χ1v) is 9.20. The molecule has 2 aromatic rings. The summed E-state index contributed by atoms with van der Waals surface area (Å²) in [6.45, 7) is 6.85. The minimum Gasteiger partial charge on any atom is -0.464 e. The molecule has 5 nitrogen and oxygen atoms in total. The number of rotatable bonds is 6. The van der Waals surface area contributed by atoms with Crippen LogP contribution in [0.1, 0.15) is 62.2 Å². The monoisotopic (exact) mass is 329 g/mol. The summed E-state index contributed by atoms with van der Waals surface area (Å²) in [5, 5.41) is 8.03. The number of ether oxygens (including phenoxy) is 1. The molecule has 2 aromatic heterocycles. The molecule has 0 radical (unpaired) electrons. The van der Waals surface area contributed by atoms with Gasteiger partial charge < -0.3 is 14.5 Å². The molecule has 1 saturated heterocycles. The minimum atomic E-state index is 0.0805. The van der Waals surface area contributed by atoms with E-state index in [1.807, 2.05) is 10.9 Å². The highest BCUT2D eigenvalue weighted by Gasteiger charge is 2.36. The van der Waals surface area contributed by atoms with Crippen molar-refractivity contribution in [2.24, 2.45) is 5.92 Å². The lowest BCUT2D eigenvalue weighted by atomic mass is 9.98. The Labute approximate surface area is 143 Å². The van der Waals surface area contributed by atoms with Gasteiger partial charge in [-0.15, -0.1) is 0 Å². The third kappa shape index (κ3) is 3.28. The number of nitrogens with one attached hydrogen (secondary N) is 1. The fourth-order valence-electron chi connectivity index (χ4n) is 3.66. The van der Waals surface area contributed by atoms with Crippen molar-refractivity contribution in [2.45, 2.75) is 64.3 Å². The quantitative estimate of drug-likeness (QED) is 0.879. The summed E-state index contributed by atoms with van der Waals surface area (Å²) in [5.41, 5.74) is 1.17. The minimum absolute atomic E-state index is 0.0805. The van der Waals surface area contributed by atoms with Crippen molar-refractivity contribution in [1.82, 2.24) is 15.1 Å². The average Bonchev–Trinajstić information content (AvgIpc) is 3.05. The maximum atomic E-state index is 6.04. The average molecular weight is 329 g/mol. The zero-order valence-corrected chi connectivity index (χ0v) is 14.6. The fourth-order valence-corrected chi connectivity index (χ4v) is 3.66. The van der Waals surface area contributed by atoms with E-state index >= 15 is 0 Å². The molecule has 5 heteroatoms. The largest absolute Gasteiger partial charge is 0.464 e. The molecule has 1 aliphatic carbocycles. The van der Waals surface area contributed by atoms with Gasteiger partial charge in [-0.1, -0.05) is 6.92 Å². The first-order valence-electron chi connectivity index (χ1n) is 9.20. The van der Waals surface area contributed by atoms with Crippen LogP contribution in [-0.4, -0.2) is 22.4 Å². The second kappa shape index (κ2) is 6.73. The van der Waals surface area contributed by atoms with Crippen LogP contribution in [0.15, 0.2) is 28.9 Å². The van der Waals surface area contributed by atoms with E-state index in [9.17, 15) is 0 Å². The van der Waals surface area contributed by atoms with Gasteiger partial charge in [0.05, 0.1) is 12.7 Å². The van der Waals surface area contributed by atoms with Gasteiger partial charge in [0.25, 0.3) is 0 Å². The normalized spacial score (nSPS) is 29.8. The summed E-state index contributed by atoms with van der Waals surface area (Å²) < 4.78 is 14.0. The number of aromatic nitrogens is 2. The fraction of sp³-hybridized carbons (Fsp3) is 0.632. The molecule has 0 amide bonds. The van der Waals surface area contributed by atoms with Crippen LogP contribution in [0.25, 0.3) is 0 Å². The van der Waals surface area contributed by atoms with Crippen LogP contribution in [0.2, 0.25) is 0 Å². The first kappa shape index (κ1) is 15.9. The Balaban J connectivity index is 1.39. The lowest BCUT2D eigenvalue weighted by Gasteiger charge is -2.31. The van der Waals surface area contributed by atoms with E-state index in [1.54, 1.807) is 0 Å². The van der Waals surface area contributed by atoms with E-state index in [4.69, 9.17) is 9.15 Å². The molecule has 1 aliphatic heterocycles. The van der Waals surface area contributed by atoms with Gasteiger partial charge >= 0.3 is 0 Å². The van der Waals surface area contributed by atoms with Crippen molar-refractivity contribution in [2.75, 3.05) is 6.61 Å². The Morgan fingerprint density at radius 2 is 2.25 bits per heavy atom. The predicted octanol–water partition coefficient (Wildman–Crippen LogP) is 3.63. The topological polar surface area (TPSA) is 52.2 Å². The Hall–Kier alpha value is -1.59. The van der Waals surface area contributed by atoms with Gasteiger partial charge in [0.15, 0.2) is 0 Å². The molecule has 130 valence electrons. The van der Waals surface area contributed by atoms with Crippen molar-refractivity contribution in [3.63, 3.8) is 0 Å². The van der Waals surface area contributed by atoms with E-state index in [-0.39, 0.29) is 6.10 Å². The van der Waals surface area contributed by atoms with E-state index in [2.05, 4.69) is 42.6 Å². The van der Waals surface area contributed by atoms with E-state index in [0.29, 0.717) is 12.0 Å². The van der Waals surface area contributed by atoms with Crippen LogP contribution in [-0.2, 0) is 17.8 Å². The van der Waals surface area contributed by atoms with Crippen LogP contribution < -0.4 is 5.32 Å². The summed E-state index contributed by atoms with van der Waals surface area (Å²) in [6.07, 6.45) is 7.60. The molecule has 3 heterocycles. The van der Waals surface area contributed by atoms with Gasteiger partial charge in [-0.3, -0.25) is 4.68 Å². The Kier molecular flexibility index (Phi) is 4.46. The van der Waals surface area contributed by atoms with Crippen molar-refractivity contribution >= 4 is 0 Å². The molecule has 4 rings (SSSR count). The van der Waals surface area contributed by atoms with Gasteiger partial charge in [-0.2, -0.15) is 5.10 Å². The second-order valence-electron chi connectivity index (χ2n) is 7.17. The van der Waals surface area contributed by atoms with Crippen LogP contribution >= 0.6 is 0 Å². The molecule has 1 N–H and O–H groups in total. The number of nitrogens with zero attached hydrogens (tertiary/aromatic N) is 2. The summed E-state index contributed by atoms with van der Waals surface area (Å²) in [7, 11) is 0. The molecule has 4 atom stereocenters. The molecule has 24 heavy (non-hydrogen) atoms. The van der Waals surface area contributed by atoms with E-state index < -0.39 is 0 Å². The van der Waals surface area contributed by atoms with Gasteiger partial charge in [-0.05, 0) is 44.2 Å². The standard InChI is InChI=1S/C19H27N3O2/c1-3-22-12-14(10-21-22)19-17(5-4-8-23-19)20-11-15-6-7-18(24-15)16-9-13(16)2/h6-7,10,12-13,16-17,19-20H,3-5,8-9,11H2,1-2H3/t13-,16-,17-,19+/m0/s1. The van der Waals surface area contributed by atoms with Crippen molar-refractivity contribution < 1.29 is 9.15 Å². The predicted molar refractivity (Wildman–Crippen MR) is 91.7 cm³/mol. The molecule has 0 unspecified atom stereocenters. The third-order valence-corrected chi connectivity index (χ3v) is 5.32. The molecule has 0 bridgehead atoms. The van der Waals surface area contributed by atoms with Gasteiger partial charge in [0, 0.05) is 36.9 Å². The van der Waals surface area contributed by atoms with Crippen LogP contribution in [0.5, 0.6) is 0 Å². The molecular formula is C19H27N3O2. The number of aryl methyl sites for hydroxylation is 1. The van der Waals surface area contributed by atoms with Gasteiger partial charge in [0.1, 0.15) is 17.6 Å². The molecule has 2 fully saturated rings.